The van der Waals surface area contributed by atoms with Crippen LogP contribution in [0.5, 0.6) is 0 Å². The van der Waals surface area contributed by atoms with Gasteiger partial charge in [-0.3, -0.25) is 4.79 Å². The molecular formula is C23H26N4O. The minimum Gasteiger partial charge on any atom is -0.388 e. The van der Waals surface area contributed by atoms with Crippen molar-refractivity contribution < 1.29 is 4.79 Å². The van der Waals surface area contributed by atoms with Crippen molar-refractivity contribution in [3.05, 3.63) is 59.3 Å². The summed E-state index contributed by atoms with van der Waals surface area (Å²) in [6.07, 6.45) is 3.24. The summed E-state index contributed by atoms with van der Waals surface area (Å²) < 4.78 is 0. The zero-order valence-electron chi connectivity index (χ0n) is 16.6. The molecule has 0 fully saturated rings. The molecule has 2 heterocycles. The van der Waals surface area contributed by atoms with Crippen LogP contribution in [-0.4, -0.2) is 43.0 Å². The Morgan fingerprint density at radius 1 is 1.21 bits per heavy atom. The van der Waals surface area contributed by atoms with Gasteiger partial charge in [0.25, 0.3) is 5.91 Å². The maximum atomic E-state index is 12.0. The van der Waals surface area contributed by atoms with Gasteiger partial charge in [0.2, 0.25) is 0 Å². The highest BCUT2D eigenvalue weighted by Gasteiger charge is 2.18. The van der Waals surface area contributed by atoms with Crippen LogP contribution in [0.3, 0.4) is 0 Å². The second-order valence-electron chi connectivity index (χ2n) is 7.47. The number of primary amides is 1. The predicted molar refractivity (Wildman–Crippen MR) is 117 cm³/mol. The first-order chi connectivity index (χ1) is 13.5. The summed E-state index contributed by atoms with van der Waals surface area (Å²) in [4.78, 5) is 17.8. The largest absolute Gasteiger partial charge is 0.388 e. The average Bonchev–Trinajstić information content (AvgIpc) is 3.13. The van der Waals surface area contributed by atoms with E-state index in [4.69, 9.17) is 5.73 Å². The summed E-state index contributed by atoms with van der Waals surface area (Å²) >= 11 is 0. The Bertz CT molecular complexity index is 1090. The van der Waals surface area contributed by atoms with Crippen LogP contribution in [-0.2, 0) is 0 Å². The lowest BCUT2D eigenvalue weighted by molar-refractivity contribution is 0.100. The molecule has 0 radical (unpaired) electrons. The molecule has 0 spiro atoms. The SMILES string of the molecule is CNc1cccc(-c2ccc(C(N)=O)c3[nH]c(C4=CCN(C)CC4)cc23)c1C. The maximum Gasteiger partial charge on any atom is 0.250 e. The molecule has 0 saturated carbocycles. The summed E-state index contributed by atoms with van der Waals surface area (Å²) in [6, 6.07) is 12.2. The minimum absolute atomic E-state index is 0.414. The molecule has 28 heavy (non-hydrogen) atoms. The number of likely N-dealkylation sites (N-methyl/N-ethyl adjacent to an activating group) is 1. The molecule has 0 aliphatic carbocycles. The van der Waals surface area contributed by atoms with Crippen LogP contribution in [0, 0.1) is 6.92 Å². The number of aromatic nitrogens is 1. The van der Waals surface area contributed by atoms with Crippen molar-refractivity contribution in [1.29, 1.82) is 0 Å². The normalized spacial score (nSPS) is 14.9. The van der Waals surface area contributed by atoms with Crippen molar-refractivity contribution in [3.63, 3.8) is 0 Å². The fourth-order valence-electron chi connectivity index (χ4n) is 4.05. The van der Waals surface area contributed by atoms with Crippen LogP contribution in [0.25, 0.3) is 27.6 Å². The molecule has 144 valence electrons. The van der Waals surface area contributed by atoms with Gasteiger partial charge in [0.1, 0.15) is 0 Å². The second-order valence-corrected chi connectivity index (χ2v) is 7.47. The number of rotatable bonds is 4. The highest BCUT2D eigenvalue weighted by molar-refractivity contribution is 6.10. The van der Waals surface area contributed by atoms with E-state index in [1.165, 1.54) is 11.1 Å². The number of nitrogens with two attached hydrogens (primary N) is 1. The third-order valence-electron chi connectivity index (χ3n) is 5.71. The van der Waals surface area contributed by atoms with Crippen molar-refractivity contribution in [2.75, 3.05) is 32.5 Å². The lowest BCUT2D eigenvalue weighted by atomic mass is 9.94. The van der Waals surface area contributed by atoms with Gasteiger partial charge in [-0.2, -0.15) is 0 Å². The quantitative estimate of drug-likeness (QED) is 0.646. The van der Waals surface area contributed by atoms with Gasteiger partial charge >= 0.3 is 0 Å². The van der Waals surface area contributed by atoms with Crippen LogP contribution < -0.4 is 11.1 Å². The molecule has 0 unspecified atom stereocenters. The Hall–Kier alpha value is -3.05. The molecule has 1 amide bonds. The van der Waals surface area contributed by atoms with Crippen LogP contribution in [0.1, 0.15) is 28.0 Å². The summed E-state index contributed by atoms with van der Waals surface area (Å²) in [6.45, 7) is 4.08. The second kappa shape index (κ2) is 7.17. The number of amides is 1. The van der Waals surface area contributed by atoms with E-state index in [2.05, 4.69) is 59.5 Å². The first-order valence-electron chi connectivity index (χ1n) is 9.60. The Morgan fingerprint density at radius 2 is 2.04 bits per heavy atom. The molecule has 1 aliphatic rings. The molecule has 3 aromatic rings. The number of H-pyrrole nitrogens is 1. The zero-order valence-corrected chi connectivity index (χ0v) is 16.6. The molecule has 4 N–H and O–H groups in total. The van der Waals surface area contributed by atoms with E-state index in [1.54, 1.807) is 0 Å². The zero-order chi connectivity index (χ0) is 19.8. The molecule has 1 aliphatic heterocycles. The number of carbonyl (C=O) groups is 1. The van der Waals surface area contributed by atoms with E-state index >= 15 is 0 Å². The molecule has 1 aromatic heterocycles. The first-order valence-corrected chi connectivity index (χ1v) is 9.60. The number of nitrogens with one attached hydrogen (secondary N) is 2. The summed E-state index contributed by atoms with van der Waals surface area (Å²) in [7, 11) is 4.05. The van der Waals surface area contributed by atoms with Crippen molar-refractivity contribution in [2.45, 2.75) is 13.3 Å². The number of hydrogen-bond acceptors (Lipinski definition) is 3. The van der Waals surface area contributed by atoms with E-state index in [0.717, 1.165) is 52.9 Å². The van der Waals surface area contributed by atoms with Crippen molar-refractivity contribution >= 4 is 28.1 Å². The molecule has 0 saturated heterocycles. The topological polar surface area (TPSA) is 74.1 Å². The summed E-state index contributed by atoms with van der Waals surface area (Å²) in [5.41, 5.74) is 13.9. The molecule has 4 rings (SSSR count). The minimum atomic E-state index is -0.414. The molecule has 5 nitrogen and oxygen atoms in total. The molecule has 5 heteroatoms. The molecular weight excluding hydrogens is 348 g/mol. The summed E-state index contributed by atoms with van der Waals surface area (Å²) in [5, 5.41) is 4.28. The van der Waals surface area contributed by atoms with E-state index in [0.29, 0.717) is 5.56 Å². The fraction of sp³-hybridized carbons (Fsp3) is 0.261. The number of fused-ring (bicyclic) bond motifs is 1. The van der Waals surface area contributed by atoms with E-state index < -0.39 is 5.91 Å². The van der Waals surface area contributed by atoms with Crippen molar-refractivity contribution in [3.8, 4) is 11.1 Å². The van der Waals surface area contributed by atoms with Crippen LogP contribution in [0.15, 0.2) is 42.5 Å². The molecule has 0 bridgehead atoms. The van der Waals surface area contributed by atoms with Gasteiger partial charge in [-0.25, -0.2) is 0 Å². The van der Waals surface area contributed by atoms with Crippen LogP contribution in [0.2, 0.25) is 0 Å². The highest BCUT2D eigenvalue weighted by Crippen LogP contribution is 2.37. The number of aromatic amines is 1. The number of anilines is 1. The summed E-state index contributed by atoms with van der Waals surface area (Å²) in [5.74, 6) is -0.414. The maximum absolute atomic E-state index is 12.0. The Kier molecular flexibility index (Phi) is 4.69. The average molecular weight is 374 g/mol. The standard InChI is InChI=1S/C23H26N4O/c1-14-16(5-4-6-20(14)25-2)17-7-8-18(23(24)28)22-19(17)13-21(26-22)15-9-11-27(3)12-10-15/h4-9,13,25-26H,10-12H2,1-3H3,(H2,24,28). The third kappa shape index (κ3) is 3.08. The van der Waals surface area contributed by atoms with Gasteiger partial charge in [-0.15, -0.1) is 0 Å². The Balaban J connectivity index is 1.94. The van der Waals surface area contributed by atoms with Crippen molar-refractivity contribution in [1.82, 2.24) is 9.88 Å². The monoisotopic (exact) mass is 374 g/mol. The number of nitrogens with zero attached hydrogens (tertiary/aromatic N) is 1. The number of hydrogen-bond donors (Lipinski definition) is 3. The highest BCUT2D eigenvalue weighted by atomic mass is 16.1. The van der Waals surface area contributed by atoms with Gasteiger partial charge in [0.15, 0.2) is 0 Å². The first kappa shape index (κ1) is 18.3. The Labute approximate surface area is 165 Å². The smallest absolute Gasteiger partial charge is 0.250 e. The van der Waals surface area contributed by atoms with Gasteiger partial charge in [0.05, 0.1) is 11.1 Å². The van der Waals surface area contributed by atoms with E-state index in [-0.39, 0.29) is 0 Å². The third-order valence-corrected chi connectivity index (χ3v) is 5.71. The van der Waals surface area contributed by atoms with Gasteiger partial charge in [-0.05, 0) is 60.9 Å². The van der Waals surface area contributed by atoms with Gasteiger partial charge < -0.3 is 20.9 Å². The van der Waals surface area contributed by atoms with Crippen LogP contribution in [0.4, 0.5) is 5.69 Å². The lowest BCUT2D eigenvalue weighted by Gasteiger charge is -2.21. The number of benzene rings is 2. The fourth-order valence-corrected chi connectivity index (χ4v) is 4.05. The van der Waals surface area contributed by atoms with Crippen molar-refractivity contribution in [2.24, 2.45) is 5.73 Å². The van der Waals surface area contributed by atoms with E-state index in [9.17, 15) is 4.79 Å². The van der Waals surface area contributed by atoms with E-state index in [1.807, 2.05) is 19.2 Å². The predicted octanol–water partition coefficient (Wildman–Crippen LogP) is 4.00. The molecule has 0 atom stereocenters. The Morgan fingerprint density at radius 3 is 2.71 bits per heavy atom. The molecule has 2 aromatic carbocycles. The van der Waals surface area contributed by atoms with Gasteiger partial charge in [0, 0.05) is 36.9 Å². The van der Waals surface area contributed by atoms with Gasteiger partial charge in [-0.1, -0.05) is 24.3 Å². The number of carbonyl (C=O) groups excluding carboxylic acids is 1. The lowest BCUT2D eigenvalue weighted by Crippen LogP contribution is -2.23. The van der Waals surface area contributed by atoms with Crippen LogP contribution >= 0.6 is 0 Å².